The van der Waals surface area contributed by atoms with Gasteiger partial charge in [-0.2, -0.15) is 0 Å². The Hall–Kier alpha value is -4.05. The summed E-state index contributed by atoms with van der Waals surface area (Å²) in [5.74, 6) is -0.419. The molecular formula is C35H37Cl2N3O5S. The molecule has 1 N–H and O–H groups in total. The lowest BCUT2D eigenvalue weighted by Crippen LogP contribution is -2.54. The molecule has 46 heavy (non-hydrogen) atoms. The minimum absolute atomic E-state index is 0.0318. The SMILES string of the molecule is CCC(C)NC(=O)C(Cc1ccccc1)N(Cc1ccc(Cl)cc1)C(=O)CN(c1ccc(Cl)cc1)S(=O)(=O)c1ccc(OC)cc1. The van der Waals surface area contributed by atoms with E-state index in [4.69, 9.17) is 27.9 Å². The van der Waals surface area contributed by atoms with Gasteiger partial charge in [0.05, 0.1) is 17.7 Å². The van der Waals surface area contributed by atoms with E-state index >= 15 is 0 Å². The monoisotopic (exact) mass is 681 g/mol. The number of ether oxygens (including phenoxy) is 1. The maximum Gasteiger partial charge on any atom is 0.264 e. The quantitative estimate of drug-likeness (QED) is 0.159. The van der Waals surface area contributed by atoms with Gasteiger partial charge in [0, 0.05) is 29.1 Å². The highest BCUT2D eigenvalue weighted by Gasteiger charge is 2.35. The van der Waals surface area contributed by atoms with Gasteiger partial charge in [0.2, 0.25) is 11.8 Å². The first kappa shape index (κ1) is 34.8. The Balaban J connectivity index is 1.80. The summed E-state index contributed by atoms with van der Waals surface area (Å²) in [5.41, 5.74) is 1.81. The number of carbonyl (C=O) groups is 2. The molecule has 4 aromatic rings. The standard InChI is InChI=1S/C35H37Cl2N3O5S/c1-4-25(2)38-35(42)33(22-26-8-6-5-7-9-26)39(23-27-10-12-28(36)13-11-27)34(41)24-40(30-16-14-29(37)15-17-30)46(43,44)32-20-18-31(45-3)19-21-32/h5-21,25,33H,4,22-24H2,1-3H3,(H,38,42). The molecule has 4 aromatic carbocycles. The van der Waals surface area contributed by atoms with Crippen LogP contribution in [0, 0.1) is 0 Å². The van der Waals surface area contributed by atoms with Crippen LogP contribution in [0.5, 0.6) is 5.75 Å². The molecule has 0 aromatic heterocycles. The molecule has 2 unspecified atom stereocenters. The molecule has 0 heterocycles. The van der Waals surface area contributed by atoms with Crippen molar-refractivity contribution in [2.75, 3.05) is 18.0 Å². The fourth-order valence-electron chi connectivity index (χ4n) is 4.79. The maximum atomic E-state index is 14.5. The summed E-state index contributed by atoms with van der Waals surface area (Å²) in [6, 6.07) is 27.4. The summed E-state index contributed by atoms with van der Waals surface area (Å²) in [5, 5.41) is 3.96. The molecule has 242 valence electrons. The van der Waals surface area contributed by atoms with E-state index in [0.29, 0.717) is 22.2 Å². The van der Waals surface area contributed by atoms with E-state index in [1.807, 2.05) is 44.2 Å². The van der Waals surface area contributed by atoms with Crippen molar-refractivity contribution in [3.8, 4) is 5.75 Å². The van der Waals surface area contributed by atoms with Crippen molar-refractivity contribution < 1.29 is 22.7 Å². The van der Waals surface area contributed by atoms with Gasteiger partial charge in [-0.3, -0.25) is 13.9 Å². The number of carbonyl (C=O) groups excluding carboxylic acids is 2. The number of nitrogens with one attached hydrogen (secondary N) is 1. The van der Waals surface area contributed by atoms with Crippen molar-refractivity contribution >= 4 is 50.7 Å². The van der Waals surface area contributed by atoms with Gasteiger partial charge in [0.15, 0.2) is 0 Å². The van der Waals surface area contributed by atoms with E-state index in [1.54, 1.807) is 36.4 Å². The first-order chi connectivity index (χ1) is 22.0. The van der Waals surface area contributed by atoms with Gasteiger partial charge in [0.1, 0.15) is 18.3 Å². The lowest BCUT2D eigenvalue weighted by atomic mass is 10.0. The van der Waals surface area contributed by atoms with E-state index in [9.17, 15) is 18.0 Å². The van der Waals surface area contributed by atoms with E-state index < -0.39 is 28.5 Å². The second-order valence-electron chi connectivity index (χ2n) is 10.8. The molecule has 2 amide bonds. The molecule has 11 heteroatoms. The van der Waals surface area contributed by atoms with Crippen molar-refractivity contribution in [2.45, 2.75) is 50.2 Å². The molecule has 0 fully saturated rings. The number of methoxy groups -OCH3 is 1. The summed E-state index contributed by atoms with van der Waals surface area (Å²) in [4.78, 5) is 29.8. The third-order valence-electron chi connectivity index (χ3n) is 7.58. The van der Waals surface area contributed by atoms with Crippen LogP contribution in [-0.4, -0.2) is 50.9 Å². The minimum atomic E-state index is -4.26. The number of rotatable bonds is 14. The van der Waals surface area contributed by atoms with Crippen LogP contribution >= 0.6 is 23.2 Å². The van der Waals surface area contributed by atoms with Gasteiger partial charge in [-0.15, -0.1) is 0 Å². The van der Waals surface area contributed by atoms with E-state index in [0.717, 1.165) is 15.4 Å². The smallest absolute Gasteiger partial charge is 0.264 e. The van der Waals surface area contributed by atoms with Crippen molar-refractivity contribution in [3.63, 3.8) is 0 Å². The number of amides is 2. The van der Waals surface area contributed by atoms with Gasteiger partial charge >= 0.3 is 0 Å². The van der Waals surface area contributed by atoms with E-state index in [1.165, 1.54) is 48.4 Å². The molecule has 0 aliphatic rings. The second-order valence-corrected chi connectivity index (χ2v) is 13.6. The molecule has 0 bridgehead atoms. The summed E-state index contributed by atoms with van der Waals surface area (Å²) in [7, 11) is -2.77. The van der Waals surface area contributed by atoms with Crippen LogP contribution in [0.1, 0.15) is 31.4 Å². The summed E-state index contributed by atoms with van der Waals surface area (Å²) < 4.78 is 34.5. The molecule has 0 saturated carbocycles. The molecule has 2 atom stereocenters. The molecule has 0 aliphatic heterocycles. The Morgan fingerprint density at radius 2 is 1.41 bits per heavy atom. The van der Waals surface area contributed by atoms with Crippen LogP contribution in [0.2, 0.25) is 10.0 Å². The number of benzene rings is 4. The lowest BCUT2D eigenvalue weighted by Gasteiger charge is -2.34. The second kappa shape index (κ2) is 16.0. The molecular weight excluding hydrogens is 645 g/mol. The van der Waals surface area contributed by atoms with Crippen LogP contribution in [0.25, 0.3) is 0 Å². The van der Waals surface area contributed by atoms with Crippen molar-refractivity contribution in [1.29, 1.82) is 0 Å². The number of sulfonamides is 1. The van der Waals surface area contributed by atoms with Gasteiger partial charge in [-0.05, 0) is 85.1 Å². The topological polar surface area (TPSA) is 96.0 Å². The Morgan fingerprint density at radius 3 is 1.98 bits per heavy atom. The fraction of sp³-hybridized carbons (Fsp3) is 0.257. The third-order valence-corrected chi connectivity index (χ3v) is 9.87. The molecule has 0 radical (unpaired) electrons. The van der Waals surface area contributed by atoms with Crippen LogP contribution in [0.15, 0.2) is 108 Å². The number of hydrogen-bond acceptors (Lipinski definition) is 5. The van der Waals surface area contributed by atoms with Gasteiger partial charge < -0.3 is 15.0 Å². The number of hydrogen-bond donors (Lipinski definition) is 1. The number of nitrogens with zero attached hydrogens (tertiary/aromatic N) is 2. The summed E-state index contributed by atoms with van der Waals surface area (Å²) in [6.07, 6.45) is 0.911. The van der Waals surface area contributed by atoms with Crippen molar-refractivity contribution in [3.05, 3.63) is 124 Å². The molecule has 4 rings (SSSR count). The highest BCUT2D eigenvalue weighted by atomic mass is 35.5. The summed E-state index contributed by atoms with van der Waals surface area (Å²) in [6.45, 7) is 3.32. The van der Waals surface area contributed by atoms with Crippen LogP contribution in [-0.2, 0) is 32.6 Å². The van der Waals surface area contributed by atoms with Crippen LogP contribution < -0.4 is 14.4 Å². The molecule has 8 nitrogen and oxygen atoms in total. The predicted molar refractivity (Wildman–Crippen MR) is 183 cm³/mol. The predicted octanol–water partition coefficient (Wildman–Crippen LogP) is 6.75. The fourth-order valence-corrected chi connectivity index (χ4v) is 6.46. The summed E-state index contributed by atoms with van der Waals surface area (Å²) >= 11 is 12.3. The van der Waals surface area contributed by atoms with E-state index in [-0.39, 0.29) is 35.5 Å². The zero-order chi connectivity index (χ0) is 33.3. The highest BCUT2D eigenvalue weighted by molar-refractivity contribution is 7.92. The van der Waals surface area contributed by atoms with Crippen molar-refractivity contribution in [2.24, 2.45) is 0 Å². The van der Waals surface area contributed by atoms with Crippen LogP contribution in [0.3, 0.4) is 0 Å². The normalized spacial score (nSPS) is 12.5. The number of halogens is 2. The Kier molecular flexibility index (Phi) is 12.1. The number of anilines is 1. The Morgan fingerprint density at radius 1 is 0.826 bits per heavy atom. The highest BCUT2D eigenvalue weighted by Crippen LogP contribution is 2.27. The largest absolute Gasteiger partial charge is 0.497 e. The zero-order valence-corrected chi connectivity index (χ0v) is 28.2. The Bertz CT molecular complexity index is 1700. The lowest BCUT2D eigenvalue weighted by molar-refractivity contribution is -0.140. The van der Waals surface area contributed by atoms with Crippen molar-refractivity contribution in [1.82, 2.24) is 10.2 Å². The molecule has 0 saturated heterocycles. The first-order valence-corrected chi connectivity index (χ1v) is 17.0. The Labute approximate surface area is 280 Å². The minimum Gasteiger partial charge on any atom is -0.497 e. The van der Waals surface area contributed by atoms with Crippen LogP contribution in [0.4, 0.5) is 5.69 Å². The van der Waals surface area contributed by atoms with Gasteiger partial charge in [-0.1, -0.05) is 72.6 Å². The average molecular weight is 683 g/mol. The van der Waals surface area contributed by atoms with E-state index in [2.05, 4.69) is 5.32 Å². The average Bonchev–Trinajstić information content (AvgIpc) is 3.06. The maximum absolute atomic E-state index is 14.5. The van der Waals surface area contributed by atoms with Gasteiger partial charge in [-0.25, -0.2) is 8.42 Å². The molecule has 0 aliphatic carbocycles. The van der Waals surface area contributed by atoms with Gasteiger partial charge in [0.25, 0.3) is 10.0 Å². The third kappa shape index (κ3) is 9.02. The first-order valence-electron chi connectivity index (χ1n) is 14.8. The molecule has 0 spiro atoms. The zero-order valence-electron chi connectivity index (χ0n) is 25.9.